The number of nitrogens with zero attached hydrogens (tertiary/aromatic N) is 3. The first kappa shape index (κ1) is 21.2. The van der Waals surface area contributed by atoms with Crippen molar-refractivity contribution in [2.75, 3.05) is 51.4 Å². The minimum atomic E-state index is -0.233. The Bertz CT molecular complexity index is 1230. The lowest BCUT2D eigenvalue weighted by molar-refractivity contribution is 0.0390. The molecule has 1 saturated heterocycles. The van der Waals surface area contributed by atoms with Gasteiger partial charge in [-0.05, 0) is 24.3 Å². The van der Waals surface area contributed by atoms with E-state index in [1.165, 1.54) is 11.3 Å². The van der Waals surface area contributed by atoms with Crippen LogP contribution in [0, 0.1) is 0 Å². The maximum absolute atomic E-state index is 13.6. The second kappa shape index (κ2) is 9.07. The highest BCUT2D eigenvalue weighted by Gasteiger charge is 2.26. The molecule has 0 atom stereocenters. The molecule has 4 aromatic rings. The van der Waals surface area contributed by atoms with Crippen LogP contribution in [0.15, 0.2) is 46.9 Å². The van der Waals surface area contributed by atoms with Crippen LogP contribution in [0.1, 0.15) is 10.6 Å². The molecule has 1 amide bonds. The Morgan fingerprint density at radius 2 is 2.06 bits per heavy atom. The van der Waals surface area contributed by atoms with Crippen LogP contribution < -0.4 is 9.64 Å². The van der Waals surface area contributed by atoms with Gasteiger partial charge in [-0.1, -0.05) is 41.1 Å². The smallest absolute Gasteiger partial charge is 0.295 e. The Hall–Kier alpha value is -2.65. The Kier molecular flexibility index (Phi) is 6.01. The third kappa shape index (κ3) is 4.06. The molecule has 7 nitrogen and oxygen atoms in total. The van der Waals surface area contributed by atoms with E-state index < -0.39 is 0 Å². The molecule has 2 aromatic heterocycles. The van der Waals surface area contributed by atoms with Crippen molar-refractivity contribution < 1.29 is 18.7 Å². The van der Waals surface area contributed by atoms with Gasteiger partial charge in [0.25, 0.3) is 5.91 Å². The molecule has 0 radical (unpaired) electrons. The van der Waals surface area contributed by atoms with Gasteiger partial charge in [0.05, 0.1) is 30.0 Å². The molecule has 9 heteroatoms. The number of hydrogen-bond acceptors (Lipinski definition) is 7. The summed E-state index contributed by atoms with van der Waals surface area (Å²) in [6, 6.07) is 12.9. The number of aromatic nitrogens is 1. The van der Waals surface area contributed by atoms with Crippen molar-refractivity contribution in [2.45, 2.75) is 0 Å². The minimum absolute atomic E-state index is 0.233. The SMILES string of the molecule is COc1ccc(Cl)c2sc(N(CCN3CCOCC3)C(=O)c3cc4ccccc4o3)nc12. The van der Waals surface area contributed by atoms with Gasteiger partial charge >= 0.3 is 0 Å². The summed E-state index contributed by atoms with van der Waals surface area (Å²) in [6.45, 7) is 4.25. The van der Waals surface area contributed by atoms with Crippen LogP contribution in [0.2, 0.25) is 5.02 Å². The van der Waals surface area contributed by atoms with Crippen molar-refractivity contribution in [1.29, 1.82) is 0 Å². The summed E-state index contributed by atoms with van der Waals surface area (Å²) in [4.78, 5) is 22.3. The number of benzene rings is 2. The van der Waals surface area contributed by atoms with Crippen LogP contribution in [-0.4, -0.2) is 62.3 Å². The van der Waals surface area contributed by atoms with Crippen LogP contribution in [0.25, 0.3) is 21.2 Å². The predicted octanol–water partition coefficient (Wildman–Crippen LogP) is 4.68. The number of anilines is 1. The van der Waals surface area contributed by atoms with Crippen molar-refractivity contribution in [3.05, 3.63) is 53.2 Å². The highest BCUT2D eigenvalue weighted by Crippen LogP contribution is 2.39. The molecule has 0 unspecified atom stereocenters. The summed E-state index contributed by atoms with van der Waals surface area (Å²) in [5.41, 5.74) is 1.33. The summed E-state index contributed by atoms with van der Waals surface area (Å²) in [5, 5.41) is 2.02. The lowest BCUT2D eigenvalue weighted by atomic mass is 10.2. The van der Waals surface area contributed by atoms with Gasteiger partial charge in [0.2, 0.25) is 0 Å². The molecule has 0 N–H and O–H groups in total. The van der Waals surface area contributed by atoms with E-state index in [0.717, 1.165) is 23.2 Å². The molecule has 32 heavy (non-hydrogen) atoms. The van der Waals surface area contributed by atoms with Gasteiger partial charge in [-0.25, -0.2) is 4.98 Å². The largest absolute Gasteiger partial charge is 0.494 e. The Morgan fingerprint density at radius 3 is 2.84 bits per heavy atom. The highest BCUT2D eigenvalue weighted by molar-refractivity contribution is 7.23. The van der Waals surface area contributed by atoms with Gasteiger partial charge in [-0.15, -0.1) is 0 Å². The number of amides is 1. The Morgan fingerprint density at radius 1 is 1.25 bits per heavy atom. The number of hydrogen-bond donors (Lipinski definition) is 0. The van der Waals surface area contributed by atoms with E-state index in [2.05, 4.69) is 4.90 Å². The number of thiazole rings is 1. The van der Waals surface area contributed by atoms with Crippen molar-refractivity contribution in [2.24, 2.45) is 0 Å². The first-order valence-electron chi connectivity index (χ1n) is 10.4. The summed E-state index contributed by atoms with van der Waals surface area (Å²) in [6.07, 6.45) is 0. The maximum Gasteiger partial charge on any atom is 0.295 e. The second-order valence-corrected chi connectivity index (χ2v) is 8.87. The molecule has 0 aliphatic carbocycles. The number of carbonyl (C=O) groups excluding carboxylic acids is 1. The molecule has 1 aliphatic heterocycles. The maximum atomic E-state index is 13.6. The lowest BCUT2D eigenvalue weighted by Crippen LogP contribution is -2.43. The fourth-order valence-corrected chi connectivity index (χ4v) is 5.07. The van der Waals surface area contributed by atoms with Gasteiger partial charge in [0.15, 0.2) is 10.9 Å². The third-order valence-corrected chi connectivity index (χ3v) is 7.06. The van der Waals surface area contributed by atoms with Crippen LogP contribution in [0.3, 0.4) is 0 Å². The van der Waals surface area contributed by atoms with Gasteiger partial charge in [-0.3, -0.25) is 14.6 Å². The standard InChI is InChI=1S/C23H22ClN3O4S/c1-29-18-7-6-16(24)21-20(18)25-23(32-21)27(9-8-26-10-12-30-13-11-26)22(28)19-14-15-4-2-3-5-17(15)31-19/h2-7,14H,8-13H2,1H3. The summed E-state index contributed by atoms with van der Waals surface area (Å²) in [7, 11) is 1.59. The predicted molar refractivity (Wildman–Crippen MR) is 126 cm³/mol. The molecule has 1 aliphatic rings. The number of ether oxygens (including phenoxy) is 2. The molecule has 5 rings (SSSR count). The average Bonchev–Trinajstić information content (AvgIpc) is 3.45. The first-order valence-corrected chi connectivity index (χ1v) is 11.6. The second-order valence-electron chi connectivity index (χ2n) is 7.48. The zero-order valence-electron chi connectivity index (χ0n) is 17.5. The summed E-state index contributed by atoms with van der Waals surface area (Å²) in [5.74, 6) is 0.672. The molecular weight excluding hydrogens is 450 g/mol. The van der Waals surface area contributed by atoms with E-state index in [9.17, 15) is 4.79 Å². The van der Waals surface area contributed by atoms with E-state index in [1.54, 1.807) is 30.2 Å². The van der Waals surface area contributed by atoms with E-state index in [1.807, 2.05) is 24.3 Å². The van der Waals surface area contributed by atoms with E-state index >= 15 is 0 Å². The molecule has 0 saturated carbocycles. The van der Waals surface area contributed by atoms with Crippen LogP contribution in [0.4, 0.5) is 5.13 Å². The van der Waals surface area contributed by atoms with E-state index in [4.69, 9.17) is 30.5 Å². The van der Waals surface area contributed by atoms with Crippen molar-refractivity contribution in [3.8, 4) is 5.75 Å². The number of carbonyl (C=O) groups is 1. The molecule has 0 spiro atoms. The van der Waals surface area contributed by atoms with Gasteiger partial charge in [0.1, 0.15) is 16.8 Å². The lowest BCUT2D eigenvalue weighted by Gasteiger charge is -2.28. The molecule has 166 valence electrons. The fourth-order valence-electron chi connectivity index (χ4n) is 3.79. The number of furan rings is 1. The number of fused-ring (bicyclic) bond motifs is 2. The van der Waals surface area contributed by atoms with Crippen LogP contribution >= 0.6 is 22.9 Å². The Labute approximate surface area is 194 Å². The topological polar surface area (TPSA) is 68.0 Å². The zero-order chi connectivity index (χ0) is 22.1. The summed E-state index contributed by atoms with van der Waals surface area (Å²) < 4.78 is 17.6. The van der Waals surface area contributed by atoms with Gasteiger partial charge in [0, 0.05) is 31.6 Å². The van der Waals surface area contributed by atoms with Crippen molar-refractivity contribution in [3.63, 3.8) is 0 Å². The van der Waals surface area contributed by atoms with Crippen LogP contribution in [-0.2, 0) is 4.74 Å². The highest BCUT2D eigenvalue weighted by atomic mass is 35.5. The summed E-state index contributed by atoms with van der Waals surface area (Å²) >= 11 is 7.80. The number of rotatable bonds is 6. The monoisotopic (exact) mass is 471 g/mol. The van der Waals surface area contributed by atoms with Crippen LogP contribution in [0.5, 0.6) is 5.75 Å². The minimum Gasteiger partial charge on any atom is -0.494 e. The van der Waals surface area contributed by atoms with Gasteiger partial charge in [-0.2, -0.15) is 0 Å². The fraction of sp³-hybridized carbons (Fsp3) is 0.304. The zero-order valence-corrected chi connectivity index (χ0v) is 19.1. The average molecular weight is 472 g/mol. The molecule has 1 fully saturated rings. The normalized spacial score (nSPS) is 14.8. The molecule has 3 heterocycles. The molecule has 2 aromatic carbocycles. The Balaban J connectivity index is 1.52. The van der Waals surface area contributed by atoms with Crippen molar-refractivity contribution in [1.82, 2.24) is 9.88 Å². The van der Waals surface area contributed by atoms with Gasteiger partial charge < -0.3 is 13.9 Å². The van der Waals surface area contributed by atoms with Crippen molar-refractivity contribution >= 4 is 55.2 Å². The van der Waals surface area contributed by atoms with E-state index in [0.29, 0.717) is 53.3 Å². The quantitative estimate of drug-likeness (QED) is 0.406. The number of halogens is 1. The molecular formula is C23H22ClN3O4S. The van der Waals surface area contributed by atoms with E-state index in [-0.39, 0.29) is 11.7 Å². The number of morpholine rings is 1. The third-order valence-electron chi connectivity index (χ3n) is 5.52. The number of para-hydroxylation sites is 1. The first-order chi connectivity index (χ1) is 15.6. The number of methoxy groups -OCH3 is 1. The molecule has 0 bridgehead atoms.